The Balaban J connectivity index is 2.17. The minimum absolute atomic E-state index is 0.0145. The minimum atomic E-state index is -1.67. The number of hydrogen-bond donors (Lipinski definition) is 1. The van der Waals surface area contributed by atoms with Crippen molar-refractivity contribution in [3.05, 3.63) is 40.9 Å². The number of aromatic nitrogens is 1. The summed E-state index contributed by atoms with van der Waals surface area (Å²) >= 11 is 1.36. The molecular weight excluding hydrogens is 396 g/mol. The fraction of sp³-hybridized carbons (Fsp3) is 0.231. The number of ether oxygens (including phenoxy) is 1. The van der Waals surface area contributed by atoms with Crippen LogP contribution in [0.15, 0.2) is 29.8 Å². The molecule has 3 atom stereocenters. The molecule has 0 spiro atoms. The summed E-state index contributed by atoms with van der Waals surface area (Å²) in [6, 6.07) is 1.35. The van der Waals surface area contributed by atoms with Crippen LogP contribution in [0.1, 0.15) is 20.7 Å². The number of carbonyl (C=O) groups excluding carboxylic acids is 2. The molecule has 0 saturated heterocycles. The third-order valence-corrected chi connectivity index (χ3v) is 4.12. The second-order valence-corrected chi connectivity index (χ2v) is 5.75. The van der Waals surface area contributed by atoms with E-state index in [-0.39, 0.29) is 22.5 Å². The zero-order valence-corrected chi connectivity index (χ0v) is 12.4. The Morgan fingerprint density at radius 2 is 2.10 bits per heavy atom. The van der Waals surface area contributed by atoms with Crippen molar-refractivity contribution in [2.24, 2.45) is 5.92 Å². The summed E-state index contributed by atoms with van der Waals surface area (Å²) in [5.41, 5.74) is -0.194. The summed E-state index contributed by atoms with van der Waals surface area (Å²) in [6.07, 6.45) is 1.14. The van der Waals surface area contributed by atoms with Crippen molar-refractivity contribution in [2.75, 3.05) is 0 Å². The van der Waals surface area contributed by atoms with Gasteiger partial charge in [-0.25, -0.2) is 4.39 Å². The molecule has 3 rings (SSSR count). The standard InChI is InChI=1S/C13H7FINO5/c14-12(15)11-7(13(19)20)6-8(17)5-3-16-2-1-4(5)9(18)10(6)21-11/h1-3,7,11-12H,(H,19,20)/t7-,11?,12?/m0/s1. The molecule has 1 aliphatic heterocycles. The molecule has 8 heteroatoms. The van der Waals surface area contributed by atoms with Crippen molar-refractivity contribution in [2.45, 2.75) is 10.3 Å². The SMILES string of the molecule is O=C1C2=C(C(=O)c3cnccc31)[C@H](C(=O)O)C(C(F)I)O2. The fourth-order valence-corrected chi connectivity index (χ4v) is 3.06. The zero-order chi connectivity index (χ0) is 15.3. The van der Waals surface area contributed by atoms with E-state index in [4.69, 9.17) is 4.74 Å². The van der Waals surface area contributed by atoms with Crippen molar-refractivity contribution < 1.29 is 28.6 Å². The predicted octanol–water partition coefficient (Wildman–Crippen LogP) is 1.54. The molecule has 0 radical (unpaired) electrons. The topological polar surface area (TPSA) is 93.6 Å². The lowest BCUT2D eigenvalue weighted by molar-refractivity contribution is -0.143. The molecule has 0 fully saturated rings. The summed E-state index contributed by atoms with van der Waals surface area (Å²) < 4.78 is 17.1. The van der Waals surface area contributed by atoms with Crippen molar-refractivity contribution >= 4 is 40.1 Å². The second-order valence-electron chi connectivity index (χ2n) is 4.56. The van der Waals surface area contributed by atoms with Crippen LogP contribution in [0.2, 0.25) is 0 Å². The van der Waals surface area contributed by atoms with Crippen LogP contribution >= 0.6 is 22.6 Å². The Morgan fingerprint density at radius 3 is 2.71 bits per heavy atom. The lowest BCUT2D eigenvalue weighted by Crippen LogP contribution is -2.33. The van der Waals surface area contributed by atoms with E-state index in [0.29, 0.717) is 0 Å². The van der Waals surface area contributed by atoms with Crippen LogP contribution < -0.4 is 0 Å². The maximum Gasteiger partial charge on any atom is 0.315 e. The molecule has 1 aromatic rings. The van der Waals surface area contributed by atoms with Crippen molar-refractivity contribution in [3.63, 3.8) is 0 Å². The largest absolute Gasteiger partial charge is 0.481 e. The second kappa shape index (κ2) is 4.86. The minimum Gasteiger partial charge on any atom is -0.481 e. The lowest BCUT2D eigenvalue weighted by Gasteiger charge is -2.16. The number of halogens is 2. The lowest BCUT2D eigenvalue weighted by atomic mass is 9.83. The van der Waals surface area contributed by atoms with Gasteiger partial charge in [-0.1, -0.05) is 0 Å². The van der Waals surface area contributed by atoms with Gasteiger partial charge in [-0.05, 0) is 28.7 Å². The molecule has 1 N–H and O–H groups in total. The number of hydrogen-bond acceptors (Lipinski definition) is 5. The molecular formula is C13H7FINO5. The van der Waals surface area contributed by atoms with Crippen LogP contribution in [-0.2, 0) is 9.53 Å². The fourth-order valence-electron chi connectivity index (χ4n) is 2.49. The van der Waals surface area contributed by atoms with E-state index in [1.54, 1.807) is 0 Å². The van der Waals surface area contributed by atoms with Gasteiger partial charge in [0.15, 0.2) is 21.8 Å². The van der Waals surface area contributed by atoms with Gasteiger partial charge >= 0.3 is 5.97 Å². The van der Waals surface area contributed by atoms with E-state index < -0.39 is 33.7 Å². The molecule has 0 aromatic carbocycles. The van der Waals surface area contributed by atoms with Gasteiger partial charge < -0.3 is 9.84 Å². The molecule has 0 amide bonds. The number of pyridine rings is 1. The first-order valence-corrected chi connectivity index (χ1v) is 7.13. The maximum atomic E-state index is 13.6. The highest BCUT2D eigenvalue weighted by Crippen LogP contribution is 2.42. The average Bonchev–Trinajstić information content (AvgIpc) is 2.86. The molecule has 1 aliphatic carbocycles. The Morgan fingerprint density at radius 1 is 1.38 bits per heavy atom. The molecule has 0 saturated carbocycles. The molecule has 6 nitrogen and oxygen atoms in total. The highest BCUT2D eigenvalue weighted by atomic mass is 127. The van der Waals surface area contributed by atoms with Crippen molar-refractivity contribution in [1.29, 1.82) is 0 Å². The van der Waals surface area contributed by atoms with Crippen LogP contribution in [0.25, 0.3) is 0 Å². The molecule has 108 valence electrons. The van der Waals surface area contributed by atoms with E-state index in [9.17, 15) is 23.9 Å². The Bertz CT molecular complexity index is 714. The molecule has 2 heterocycles. The third-order valence-electron chi connectivity index (χ3n) is 3.41. The smallest absolute Gasteiger partial charge is 0.315 e. The molecule has 2 aliphatic rings. The number of fused-ring (bicyclic) bond motifs is 1. The van der Waals surface area contributed by atoms with Crippen LogP contribution in [0.3, 0.4) is 0 Å². The number of carbonyl (C=O) groups is 3. The first kappa shape index (κ1) is 14.1. The number of aliphatic carboxylic acids is 1. The van der Waals surface area contributed by atoms with E-state index in [1.165, 1.54) is 41.1 Å². The van der Waals surface area contributed by atoms with Gasteiger partial charge in [0.2, 0.25) is 5.78 Å². The van der Waals surface area contributed by atoms with Gasteiger partial charge in [0, 0.05) is 18.0 Å². The Kier molecular flexibility index (Phi) is 3.27. The summed E-state index contributed by atoms with van der Waals surface area (Å²) in [4.78, 5) is 39.8. The highest BCUT2D eigenvalue weighted by Gasteiger charge is 2.52. The maximum absolute atomic E-state index is 13.6. The van der Waals surface area contributed by atoms with Crippen molar-refractivity contribution in [1.82, 2.24) is 4.98 Å². The van der Waals surface area contributed by atoms with Crippen LogP contribution in [-0.4, -0.2) is 37.9 Å². The summed E-state index contributed by atoms with van der Waals surface area (Å²) in [5, 5.41) is 9.26. The zero-order valence-electron chi connectivity index (χ0n) is 10.2. The van der Waals surface area contributed by atoms with E-state index in [0.717, 1.165) is 0 Å². The summed E-state index contributed by atoms with van der Waals surface area (Å²) in [6.45, 7) is 0. The third kappa shape index (κ3) is 1.96. The number of rotatable bonds is 2. The van der Waals surface area contributed by atoms with Gasteiger partial charge in [0.1, 0.15) is 5.92 Å². The molecule has 21 heavy (non-hydrogen) atoms. The number of carboxylic acids is 1. The molecule has 0 bridgehead atoms. The van der Waals surface area contributed by atoms with Gasteiger partial charge in [-0.3, -0.25) is 19.4 Å². The summed E-state index contributed by atoms with van der Waals surface area (Å²) in [7, 11) is 0. The van der Waals surface area contributed by atoms with Crippen molar-refractivity contribution in [3.8, 4) is 0 Å². The van der Waals surface area contributed by atoms with Crippen LogP contribution in [0, 0.1) is 5.92 Å². The number of alkyl halides is 2. The predicted molar refractivity (Wildman–Crippen MR) is 74.8 cm³/mol. The summed E-state index contributed by atoms with van der Waals surface area (Å²) in [5.74, 6) is -4.54. The average molecular weight is 403 g/mol. The van der Waals surface area contributed by atoms with E-state index in [2.05, 4.69) is 4.98 Å². The Hall–Kier alpha value is -1.84. The van der Waals surface area contributed by atoms with Gasteiger partial charge in [-0.15, -0.1) is 0 Å². The highest BCUT2D eigenvalue weighted by molar-refractivity contribution is 14.1. The number of nitrogens with zero attached hydrogens (tertiary/aromatic N) is 1. The quantitative estimate of drug-likeness (QED) is 0.595. The first-order valence-electron chi connectivity index (χ1n) is 5.88. The van der Waals surface area contributed by atoms with Gasteiger partial charge in [-0.2, -0.15) is 0 Å². The van der Waals surface area contributed by atoms with Crippen LogP contribution in [0.4, 0.5) is 4.39 Å². The van der Waals surface area contributed by atoms with Gasteiger partial charge in [0.05, 0.1) is 11.1 Å². The Labute approximate surface area is 131 Å². The number of allylic oxidation sites excluding steroid dienone is 1. The number of carboxylic acid groups (broad SMARTS) is 1. The van der Waals surface area contributed by atoms with E-state index >= 15 is 0 Å². The molecule has 1 aromatic heterocycles. The molecule has 2 unspecified atom stereocenters. The number of Topliss-reactive ketones (excluding diaryl/α,β-unsaturated/α-hetero) is 2. The van der Waals surface area contributed by atoms with Crippen LogP contribution in [0.5, 0.6) is 0 Å². The first-order chi connectivity index (χ1) is 9.93. The normalized spacial score (nSPS) is 25.2. The van der Waals surface area contributed by atoms with E-state index in [1.807, 2.05) is 0 Å². The monoisotopic (exact) mass is 403 g/mol. The number of ketones is 2. The van der Waals surface area contributed by atoms with Gasteiger partial charge in [0.25, 0.3) is 0 Å².